The van der Waals surface area contributed by atoms with Crippen molar-refractivity contribution in [2.24, 2.45) is 11.3 Å². The maximum absolute atomic E-state index is 12.3. The normalized spacial score (nSPS) is 16.4. The molecule has 0 unspecified atom stereocenters. The number of carbonyl (C=O) groups excluding carboxylic acids is 1. The molecule has 0 spiro atoms. The minimum absolute atomic E-state index is 0.0546. The van der Waals surface area contributed by atoms with E-state index in [9.17, 15) is 9.59 Å². The van der Waals surface area contributed by atoms with Crippen LogP contribution in [-0.2, 0) is 4.79 Å². The average molecular weight is 298 g/mol. The quantitative estimate of drug-likeness (QED) is 0.687. The summed E-state index contributed by atoms with van der Waals surface area (Å²) in [5.74, 6) is -0.235. The van der Waals surface area contributed by atoms with E-state index in [1.165, 1.54) is 0 Å². The molecule has 1 aliphatic rings. The molecule has 0 aliphatic heterocycles. The Morgan fingerprint density at radius 2 is 1.86 bits per heavy atom. The fourth-order valence-electron chi connectivity index (χ4n) is 3.00. The minimum Gasteiger partial charge on any atom is -0.481 e. The summed E-state index contributed by atoms with van der Waals surface area (Å²) in [5.41, 5.74) is -0.212. The van der Waals surface area contributed by atoms with E-state index in [0.717, 1.165) is 38.6 Å². The molecule has 0 aromatic carbocycles. The zero-order valence-electron chi connectivity index (χ0n) is 13.7. The zero-order valence-corrected chi connectivity index (χ0v) is 13.7. The Morgan fingerprint density at radius 1 is 1.24 bits per heavy atom. The van der Waals surface area contributed by atoms with Gasteiger partial charge < -0.3 is 15.3 Å². The van der Waals surface area contributed by atoms with Crippen LogP contribution < -0.4 is 5.32 Å². The number of rotatable bonds is 9. The standard InChI is InChI=1S/C16H30N2O3/c1-4-13(5-2)11-18(6-3)15(21)17-12-16(8-7-9-16)10-14(19)20/h13H,4-12H2,1-3H3,(H,17,21)(H,19,20). The Morgan fingerprint density at radius 3 is 2.24 bits per heavy atom. The first-order chi connectivity index (χ1) is 9.96. The minimum atomic E-state index is -0.770. The molecule has 5 nitrogen and oxygen atoms in total. The van der Waals surface area contributed by atoms with Crippen molar-refractivity contribution >= 4 is 12.0 Å². The molecule has 0 radical (unpaired) electrons. The van der Waals surface area contributed by atoms with Crippen LogP contribution in [0, 0.1) is 11.3 Å². The summed E-state index contributed by atoms with van der Waals surface area (Å²) in [6.07, 6.45) is 5.17. The highest BCUT2D eigenvalue weighted by Gasteiger charge is 2.39. The summed E-state index contributed by atoms with van der Waals surface area (Å²) in [6, 6.07) is -0.0546. The van der Waals surface area contributed by atoms with Gasteiger partial charge in [-0.2, -0.15) is 0 Å². The van der Waals surface area contributed by atoms with E-state index in [1.54, 1.807) is 0 Å². The van der Waals surface area contributed by atoms with Crippen molar-refractivity contribution in [1.82, 2.24) is 10.2 Å². The van der Waals surface area contributed by atoms with Crippen molar-refractivity contribution in [2.75, 3.05) is 19.6 Å². The molecule has 1 fully saturated rings. The number of nitrogens with zero attached hydrogens (tertiary/aromatic N) is 1. The molecular weight excluding hydrogens is 268 g/mol. The largest absolute Gasteiger partial charge is 0.481 e. The fourth-order valence-corrected chi connectivity index (χ4v) is 3.00. The van der Waals surface area contributed by atoms with E-state index in [0.29, 0.717) is 19.0 Å². The summed E-state index contributed by atoms with van der Waals surface area (Å²) in [7, 11) is 0. The second-order valence-corrected chi connectivity index (χ2v) is 6.30. The zero-order chi connectivity index (χ0) is 15.9. The molecular formula is C16H30N2O3. The smallest absolute Gasteiger partial charge is 0.317 e. The van der Waals surface area contributed by atoms with Gasteiger partial charge >= 0.3 is 12.0 Å². The van der Waals surface area contributed by atoms with Gasteiger partial charge in [-0.15, -0.1) is 0 Å². The van der Waals surface area contributed by atoms with E-state index in [1.807, 2.05) is 11.8 Å². The maximum Gasteiger partial charge on any atom is 0.317 e. The molecule has 0 aromatic heterocycles. The second kappa shape index (κ2) is 8.25. The van der Waals surface area contributed by atoms with Crippen molar-refractivity contribution in [3.8, 4) is 0 Å². The average Bonchev–Trinajstić information content (AvgIpc) is 2.42. The van der Waals surface area contributed by atoms with Crippen LogP contribution in [0.15, 0.2) is 0 Å². The lowest BCUT2D eigenvalue weighted by Gasteiger charge is -2.41. The van der Waals surface area contributed by atoms with E-state index in [4.69, 9.17) is 5.11 Å². The fraction of sp³-hybridized carbons (Fsp3) is 0.875. The van der Waals surface area contributed by atoms with Gasteiger partial charge in [0, 0.05) is 19.6 Å². The molecule has 0 atom stereocenters. The Balaban J connectivity index is 2.48. The highest BCUT2D eigenvalue weighted by molar-refractivity contribution is 5.74. The summed E-state index contributed by atoms with van der Waals surface area (Å²) in [6.45, 7) is 8.23. The van der Waals surface area contributed by atoms with Crippen LogP contribution in [0.4, 0.5) is 4.79 Å². The Bertz CT molecular complexity index is 349. The molecule has 5 heteroatoms. The lowest BCUT2D eigenvalue weighted by atomic mass is 9.66. The lowest BCUT2D eigenvalue weighted by Crippen LogP contribution is -2.48. The van der Waals surface area contributed by atoms with E-state index >= 15 is 0 Å². The summed E-state index contributed by atoms with van der Waals surface area (Å²) in [4.78, 5) is 25.1. The molecule has 0 aromatic rings. The number of carbonyl (C=O) groups is 2. The van der Waals surface area contributed by atoms with Crippen LogP contribution in [0.25, 0.3) is 0 Å². The highest BCUT2D eigenvalue weighted by atomic mass is 16.4. The van der Waals surface area contributed by atoms with Gasteiger partial charge in [-0.1, -0.05) is 33.1 Å². The SMILES string of the molecule is CCC(CC)CN(CC)C(=O)NCC1(CC(=O)O)CCC1. The van der Waals surface area contributed by atoms with Gasteiger partial charge in [-0.05, 0) is 31.1 Å². The maximum atomic E-state index is 12.3. The Kier molecular flexibility index (Phi) is 6.99. The van der Waals surface area contributed by atoms with Crippen molar-refractivity contribution in [3.05, 3.63) is 0 Å². The summed E-state index contributed by atoms with van der Waals surface area (Å²) in [5, 5.41) is 12.0. The molecule has 122 valence electrons. The first-order valence-electron chi connectivity index (χ1n) is 8.21. The predicted octanol–water partition coefficient (Wildman–Crippen LogP) is 3.10. The topological polar surface area (TPSA) is 69.6 Å². The number of carboxylic acids is 1. The molecule has 1 rings (SSSR count). The Hall–Kier alpha value is -1.26. The third-order valence-electron chi connectivity index (χ3n) is 4.86. The van der Waals surface area contributed by atoms with Gasteiger partial charge in [0.25, 0.3) is 0 Å². The molecule has 0 bridgehead atoms. The molecule has 2 N–H and O–H groups in total. The predicted molar refractivity (Wildman–Crippen MR) is 83.3 cm³/mol. The van der Waals surface area contributed by atoms with Crippen LogP contribution in [-0.4, -0.2) is 41.6 Å². The molecule has 0 heterocycles. The van der Waals surface area contributed by atoms with Crippen molar-refractivity contribution in [3.63, 3.8) is 0 Å². The third-order valence-corrected chi connectivity index (χ3v) is 4.86. The van der Waals surface area contributed by atoms with Gasteiger partial charge in [-0.3, -0.25) is 4.79 Å². The third kappa shape index (κ3) is 5.21. The van der Waals surface area contributed by atoms with E-state index in [2.05, 4.69) is 19.2 Å². The number of amides is 2. The molecule has 21 heavy (non-hydrogen) atoms. The van der Waals surface area contributed by atoms with Crippen molar-refractivity contribution < 1.29 is 14.7 Å². The van der Waals surface area contributed by atoms with Gasteiger partial charge in [0.15, 0.2) is 0 Å². The lowest BCUT2D eigenvalue weighted by molar-refractivity contribution is -0.141. The number of aliphatic carboxylic acids is 1. The van der Waals surface area contributed by atoms with Gasteiger partial charge in [0.2, 0.25) is 0 Å². The molecule has 1 aliphatic carbocycles. The molecule has 1 saturated carbocycles. The van der Waals surface area contributed by atoms with Gasteiger partial charge in [0.05, 0.1) is 6.42 Å². The monoisotopic (exact) mass is 298 g/mol. The number of hydrogen-bond acceptors (Lipinski definition) is 2. The van der Waals surface area contributed by atoms with Crippen LogP contribution in [0.5, 0.6) is 0 Å². The van der Waals surface area contributed by atoms with E-state index < -0.39 is 5.97 Å². The second-order valence-electron chi connectivity index (χ2n) is 6.30. The first kappa shape index (κ1) is 17.8. The summed E-state index contributed by atoms with van der Waals surface area (Å²) >= 11 is 0. The van der Waals surface area contributed by atoms with Crippen molar-refractivity contribution in [1.29, 1.82) is 0 Å². The number of carboxylic acid groups (broad SMARTS) is 1. The van der Waals surface area contributed by atoms with Gasteiger partial charge in [0.1, 0.15) is 0 Å². The van der Waals surface area contributed by atoms with Crippen molar-refractivity contribution in [2.45, 2.75) is 59.3 Å². The van der Waals surface area contributed by atoms with Gasteiger partial charge in [-0.25, -0.2) is 4.79 Å². The molecule has 0 saturated heterocycles. The Labute approximate surface area is 128 Å². The first-order valence-corrected chi connectivity index (χ1v) is 8.21. The number of hydrogen-bond donors (Lipinski definition) is 2. The highest BCUT2D eigenvalue weighted by Crippen LogP contribution is 2.43. The number of urea groups is 1. The van der Waals surface area contributed by atoms with Crippen LogP contribution >= 0.6 is 0 Å². The van der Waals surface area contributed by atoms with E-state index in [-0.39, 0.29) is 17.9 Å². The molecule has 2 amide bonds. The van der Waals surface area contributed by atoms with Crippen LogP contribution in [0.1, 0.15) is 59.3 Å². The summed E-state index contributed by atoms with van der Waals surface area (Å²) < 4.78 is 0. The van der Waals surface area contributed by atoms with Crippen LogP contribution in [0.3, 0.4) is 0 Å². The number of nitrogens with one attached hydrogen (secondary N) is 1. The van der Waals surface area contributed by atoms with Crippen LogP contribution in [0.2, 0.25) is 0 Å².